The maximum absolute atomic E-state index is 5.66. The first kappa shape index (κ1) is 14.7. The molecule has 5 nitrogen and oxygen atoms in total. The maximum Gasteiger partial charge on any atom is 0.0798 e. The number of nitrogens with zero attached hydrogens (tertiary/aromatic N) is 4. The largest absolute Gasteiger partial charge is 0.381 e. The van der Waals surface area contributed by atoms with E-state index in [0.29, 0.717) is 5.92 Å². The van der Waals surface area contributed by atoms with E-state index in [1.54, 1.807) is 11.3 Å². The third-order valence-electron chi connectivity index (χ3n) is 3.93. The van der Waals surface area contributed by atoms with Gasteiger partial charge in [-0.05, 0) is 13.8 Å². The molecular weight excluding hydrogens is 284 g/mol. The van der Waals surface area contributed by atoms with Crippen LogP contribution in [0.25, 0.3) is 0 Å². The molecule has 3 heterocycles. The summed E-state index contributed by atoms with van der Waals surface area (Å²) in [6, 6.07) is 0. The monoisotopic (exact) mass is 306 g/mol. The van der Waals surface area contributed by atoms with Crippen molar-refractivity contribution in [2.24, 2.45) is 7.05 Å². The van der Waals surface area contributed by atoms with Crippen LogP contribution in [0.3, 0.4) is 0 Å². The molecule has 0 radical (unpaired) electrons. The number of fused-ring (bicyclic) bond motifs is 1. The Bertz CT molecular complexity index is 607. The number of aromatic nitrogens is 3. The molecule has 2 aromatic heterocycles. The Morgan fingerprint density at radius 1 is 1.48 bits per heavy atom. The van der Waals surface area contributed by atoms with Gasteiger partial charge in [0.2, 0.25) is 0 Å². The van der Waals surface area contributed by atoms with Crippen LogP contribution in [0.2, 0.25) is 0 Å². The van der Waals surface area contributed by atoms with Crippen molar-refractivity contribution >= 4 is 11.3 Å². The van der Waals surface area contributed by atoms with Crippen molar-refractivity contribution in [3.63, 3.8) is 0 Å². The van der Waals surface area contributed by atoms with E-state index in [4.69, 9.17) is 4.74 Å². The second kappa shape index (κ2) is 6.25. The highest BCUT2D eigenvalue weighted by atomic mass is 32.1. The van der Waals surface area contributed by atoms with Crippen LogP contribution >= 0.6 is 11.3 Å². The predicted molar refractivity (Wildman–Crippen MR) is 83.4 cm³/mol. The first-order chi connectivity index (χ1) is 10.2. The van der Waals surface area contributed by atoms with Gasteiger partial charge in [-0.1, -0.05) is 0 Å². The fraction of sp³-hybridized carbons (Fsp3) is 0.600. The quantitative estimate of drug-likeness (QED) is 0.850. The number of rotatable bonds is 5. The third-order valence-corrected chi connectivity index (χ3v) is 4.85. The molecule has 0 N–H and O–H groups in total. The van der Waals surface area contributed by atoms with Crippen molar-refractivity contribution in [3.05, 3.63) is 33.5 Å². The highest BCUT2D eigenvalue weighted by Crippen LogP contribution is 2.29. The third kappa shape index (κ3) is 3.17. The van der Waals surface area contributed by atoms with E-state index < -0.39 is 0 Å². The van der Waals surface area contributed by atoms with E-state index >= 15 is 0 Å². The van der Waals surface area contributed by atoms with E-state index in [1.807, 2.05) is 24.2 Å². The summed E-state index contributed by atoms with van der Waals surface area (Å²) in [4.78, 5) is 8.19. The molecule has 0 unspecified atom stereocenters. The van der Waals surface area contributed by atoms with Gasteiger partial charge in [0.15, 0.2) is 0 Å². The highest BCUT2D eigenvalue weighted by Gasteiger charge is 2.28. The van der Waals surface area contributed by atoms with E-state index in [-0.39, 0.29) is 0 Å². The maximum atomic E-state index is 5.66. The van der Waals surface area contributed by atoms with Gasteiger partial charge >= 0.3 is 0 Å². The molecule has 0 bridgehead atoms. The molecule has 1 aliphatic rings. The molecule has 0 fully saturated rings. The summed E-state index contributed by atoms with van der Waals surface area (Å²) in [6.45, 7) is 8.56. The first-order valence-corrected chi connectivity index (χ1v) is 8.26. The van der Waals surface area contributed by atoms with E-state index in [9.17, 15) is 0 Å². The van der Waals surface area contributed by atoms with Crippen molar-refractivity contribution in [2.75, 3.05) is 19.8 Å². The molecule has 6 heteroatoms. The highest BCUT2D eigenvalue weighted by molar-refractivity contribution is 7.09. The van der Waals surface area contributed by atoms with Gasteiger partial charge in [0, 0.05) is 55.8 Å². The SMILES string of the molecule is CCOC[C@H]1CN(Cc2scnc2C)Cc2cn(C)nc21. The summed E-state index contributed by atoms with van der Waals surface area (Å²) in [5, 5.41) is 4.63. The number of thiazole rings is 1. The lowest BCUT2D eigenvalue weighted by Gasteiger charge is -2.31. The minimum Gasteiger partial charge on any atom is -0.381 e. The second-order valence-corrected chi connectivity index (χ2v) is 6.54. The van der Waals surface area contributed by atoms with Crippen LogP contribution in [0.4, 0.5) is 0 Å². The number of hydrogen-bond acceptors (Lipinski definition) is 5. The summed E-state index contributed by atoms with van der Waals surface area (Å²) in [7, 11) is 1.99. The lowest BCUT2D eigenvalue weighted by molar-refractivity contribution is 0.104. The molecule has 0 aromatic carbocycles. The lowest BCUT2D eigenvalue weighted by atomic mass is 9.97. The second-order valence-electron chi connectivity index (χ2n) is 5.60. The Hall–Kier alpha value is -1.24. The Balaban J connectivity index is 1.77. The van der Waals surface area contributed by atoms with Crippen LogP contribution in [-0.2, 0) is 24.9 Å². The van der Waals surface area contributed by atoms with E-state index in [2.05, 4.69) is 28.1 Å². The molecule has 0 aliphatic carbocycles. The van der Waals surface area contributed by atoms with Gasteiger partial charge in [0.1, 0.15) is 0 Å². The molecule has 0 saturated carbocycles. The smallest absolute Gasteiger partial charge is 0.0798 e. The molecular formula is C15H22N4OS. The van der Waals surface area contributed by atoms with E-state index in [0.717, 1.165) is 38.5 Å². The topological polar surface area (TPSA) is 43.2 Å². The Morgan fingerprint density at radius 2 is 2.33 bits per heavy atom. The Morgan fingerprint density at radius 3 is 3.05 bits per heavy atom. The van der Waals surface area contributed by atoms with E-state index in [1.165, 1.54) is 16.1 Å². The zero-order chi connectivity index (χ0) is 14.8. The Labute approximate surface area is 129 Å². The van der Waals surface area contributed by atoms with Crippen LogP contribution in [0.1, 0.15) is 34.7 Å². The zero-order valence-corrected chi connectivity index (χ0v) is 13.7. The fourth-order valence-corrected chi connectivity index (χ4v) is 3.74. The van der Waals surface area contributed by atoms with Gasteiger partial charge in [-0.15, -0.1) is 11.3 Å². The average molecular weight is 306 g/mol. The normalized spacial score (nSPS) is 18.9. The van der Waals surface area contributed by atoms with Crippen molar-refractivity contribution in [2.45, 2.75) is 32.9 Å². The minimum atomic E-state index is 0.364. The van der Waals surface area contributed by atoms with Crippen LogP contribution in [0, 0.1) is 6.92 Å². The molecule has 114 valence electrons. The number of aryl methyl sites for hydroxylation is 2. The lowest BCUT2D eigenvalue weighted by Crippen LogP contribution is -2.34. The standard InChI is InChI=1S/C15H22N4OS/c1-4-20-9-13-7-19(8-14-11(2)16-10-21-14)6-12-5-18(3)17-15(12)13/h5,10,13H,4,6-9H2,1-3H3/t13-/m1/s1. The van der Waals surface area contributed by atoms with Gasteiger partial charge in [-0.2, -0.15) is 5.10 Å². The average Bonchev–Trinajstić information content (AvgIpc) is 3.02. The van der Waals surface area contributed by atoms with Crippen LogP contribution in [-0.4, -0.2) is 39.4 Å². The summed E-state index contributed by atoms with van der Waals surface area (Å²) in [5.74, 6) is 0.364. The summed E-state index contributed by atoms with van der Waals surface area (Å²) < 4.78 is 7.58. The summed E-state index contributed by atoms with van der Waals surface area (Å²) >= 11 is 1.74. The van der Waals surface area contributed by atoms with Crippen LogP contribution < -0.4 is 0 Å². The number of ether oxygens (including phenoxy) is 1. The number of hydrogen-bond donors (Lipinski definition) is 0. The van der Waals surface area contributed by atoms with Crippen molar-refractivity contribution in [1.29, 1.82) is 0 Å². The van der Waals surface area contributed by atoms with Crippen molar-refractivity contribution in [1.82, 2.24) is 19.7 Å². The molecule has 0 amide bonds. The molecule has 2 aromatic rings. The van der Waals surface area contributed by atoms with Gasteiger partial charge in [0.25, 0.3) is 0 Å². The van der Waals surface area contributed by atoms with Gasteiger partial charge < -0.3 is 4.74 Å². The minimum absolute atomic E-state index is 0.364. The zero-order valence-electron chi connectivity index (χ0n) is 12.9. The summed E-state index contributed by atoms with van der Waals surface area (Å²) in [5.41, 5.74) is 5.62. The molecule has 0 spiro atoms. The van der Waals surface area contributed by atoms with Crippen molar-refractivity contribution in [3.8, 4) is 0 Å². The molecule has 1 atom stereocenters. The van der Waals surface area contributed by atoms with Gasteiger partial charge in [0.05, 0.1) is 23.5 Å². The first-order valence-electron chi connectivity index (χ1n) is 7.38. The van der Waals surface area contributed by atoms with Crippen molar-refractivity contribution < 1.29 is 4.74 Å². The molecule has 0 saturated heterocycles. The van der Waals surface area contributed by atoms with Crippen LogP contribution in [0.15, 0.2) is 11.7 Å². The van der Waals surface area contributed by atoms with Gasteiger partial charge in [-0.25, -0.2) is 4.98 Å². The molecule has 3 rings (SSSR count). The summed E-state index contributed by atoms with van der Waals surface area (Å²) in [6.07, 6.45) is 2.14. The Kier molecular flexibility index (Phi) is 4.37. The van der Waals surface area contributed by atoms with Crippen LogP contribution in [0.5, 0.6) is 0 Å². The molecule has 1 aliphatic heterocycles. The fourth-order valence-electron chi connectivity index (χ4n) is 2.92. The predicted octanol–water partition coefficient (Wildman–Crippen LogP) is 2.32. The molecule has 21 heavy (non-hydrogen) atoms. The van der Waals surface area contributed by atoms with Gasteiger partial charge in [-0.3, -0.25) is 9.58 Å².